The molecule has 0 aromatic heterocycles. The van der Waals surface area contributed by atoms with Crippen molar-refractivity contribution in [1.29, 1.82) is 0 Å². The van der Waals surface area contributed by atoms with Crippen molar-refractivity contribution < 1.29 is 9.18 Å². The monoisotopic (exact) mass is 249 g/mol. The Morgan fingerprint density at radius 2 is 2.22 bits per heavy atom. The van der Waals surface area contributed by atoms with Crippen molar-refractivity contribution in [2.45, 2.75) is 19.9 Å². The molecule has 0 radical (unpaired) electrons. The van der Waals surface area contributed by atoms with Crippen LogP contribution < -0.4 is 16.4 Å². The first-order chi connectivity index (χ1) is 8.52. The smallest absolute Gasteiger partial charge is 0.319 e. The minimum atomic E-state index is -0.411. The molecule has 0 unspecified atom stereocenters. The summed E-state index contributed by atoms with van der Waals surface area (Å²) in [5.74, 6) is 4.93. The van der Waals surface area contributed by atoms with Crippen molar-refractivity contribution in [2.24, 2.45) is 5.73 Å². The Kier molecular flexibility index (Phi) is 5.15. The first-order valence-corrected chi connectivity index (χ1v) is 5.59. The summed E-state index contributed by atoms with van der Waals surface area (Å²) in [6.45, 7) is 3.87. The van der Waals surface area contributed by atoms with E-state index >= 15 is 0 Å². The summed E-state index contributed by atoms with van der Waals surface area (Å²) in [5.41, 5.74) is 6.12. The number of rotatable bonds is 2. The Morgan fingerprint density at radius 1 is 1.50 bits per heavy atom. The van der Waals surface area contributed by atoms with Gasteiger partial charge in [-0.05, 0) is 32.0 Å². The quantitative estimate of drug-likeness (QED) is 0.698. The van der Waals surface area contributed by atoms with E-state index < -0.39 is 5.82 Å². The van der Waals surface area contributed by atoms with Crippen LogP contribution in [0.4, 0.5) is 14.9 Å². The molecule has 18 heavy (non-hydrogen) atoms. The van der Waals surface area contributed by atoms with Gasteiger partial charge in [0.25, 0.3) is 0 Å². The number of urea groups is 1. The zero-order valence-electron chi connectivity index (χ0n) is 10.4. The number of hydrogen-bond donors (Lipinski definition) is 3. The molecule has 1 rings (SSSR count). The number of nitrogens with one attached hydrogen (secondary N) is 2. The number of carbonyl (C=O) groups excluding carboxylic acids is 1. The zero-order valence-corrected chi connectivity index (χ0v) is 10.4. The van der Waals surface area contributed by atoms with Gasteiger partial charge in [-0.2, -0.15) is 0 Å². The van der Waals surface area contributed by atoms with Gasteiger partial charge in [0.15, 0.2) is 0 Å². The van der Waals surface area contributed by atoms with E-state index in [4.69, 9.17) is 5.73 Å². The predicted octanol–water partition coefficient (Wildman–Crippen LogP) is 1.67. The van der Waals surface area contributed by atoms with E-state index in [0.29, 0.717) is 11.3 Å². The molecule has 0 aliphatic rings. The average molecular weight is 249 g/mol. The summed E-state index contributed by atoms with van der Waals surface area (Å²) >= 11 is 0. The minimum Gasteiger partial charge on any atom is -0.336 e. The third kappa shape index (κ3) is 4.44. The Morgan fingerprint density at radius 3 is 2.83 bits per heavy atom. The van der Waals surface area contributed by atoms with Crippen LogP contribution in [0.3, 0.4) is 0 Å². The third-order valence-electron chi connectivity index (χ3n) is 1.97. The lowest BCUT2D eigenvalue weighted by atomic mass is 10.1. The van der Waals surface area contributed by atoms with E-state index in [1.807, 2.05) is 13.8 Å². The maximum atomic E-state index is 13.1. The molecule has 0 fully saturated rings. The van der Waals surface area contributed by atoms with Gasteiger partial charge in [-0.25, -0.2) is 9.18 Å². The standard InChI is InChI=1S/C13H16FN3O/c1-9(2)16-13(18)17-12-6-5-11(14)8-10(12)4-3-7-15/h5-6,8-9H,7,15H2,1-2H3,(H2,16,17,18). The number of amides is 2. The fraction of sp³-hybridized carbons (Fsp3) is 0.308. The molecule has 0 bridgehead atoms. The van der Waals surface area contributed by atoms with Crippen molar-refractivity contribution in [3.05, 3.63) is 29.6 Å². The molecule has 4 N–H and O–H groups in total. The number of hydrogen-bond acceptors (Lipinski definition) is 2. The van der Waals surface area contributed by atoms with Crippen molar-refractivity contribution in [3.8, 4) is 11.8 Å². The average Bonchev–Trinajstić information content (AvgIpc) is 2.28. The molecule has 0 spiro atoms. The van der Waals surface area contributed by atoms with E-state index in [2.05, 4.69) is 22.5 Å². The molecule has 0 aliphatic carbocycles. The number of anilines is 1. The van der Waals surface area contributed by atoms with Gasteiger partial charge in [-0.3, -0.25) is 0 Å². The SMILES string of the molecule is CC(C)NC(=O)Nc1ccc(F)cc1C#CCN. The molecular formula is C13H16FN3O. The Hall–Kier alpha value is -2.06. The van der Waals surface area contributed by atoms with Gasteiger partial charge >= 0.3 is 6.03 Å². The molecule has 2 amide bonds. The number of halogens is 1. The van der Waals surface area contributed by atoms with Crippen LogP contribution in [0.25, 0.3) is 0 Å². The van der Waals surface area contributed by atoms with Crippen molar-refractivity contribution >= 4 is 11.7 Å². The molecule has 1 aromatic rings. The molecule has 1 aromatic carbocycles. The summed E-state index contributed by atoms with van der Waals surface area (Å²) < 4.78 is 13.1. The Balaban J connectivity index is 2.90. The second kappa shape index (κ2) is 6.62. The maximum Gasteiger partial charge on any atom is 0.319 e. The molecule has 0 saturated carbocycles. The van der Waals surface area contributed by atoms with E-state index in [1.54, 1.807) is 0 Å². The highest BCUT2D eigenvalue weighted by Gasteiger charge is 2.07. The van der Waals surface area contributed by atoms with Crippen LogP contribution in [0.15, 0.2) is 18.2 Å². The molecule has 0 aliphatic heterocycles. The fourth-order valence-electron chi connectivity index (χ4n) is 1.30. The molecular weight excluding hydrogens is 233 g/mol. The summed E-state index contributed by atoms with van der Waals surface area (Å²) in [7, 11) is 0. The highest BCUT2D eigenvalue weighted by molar-refractivity contribution is 5.91. The van der Waals surface area contributed by atoms with Gasteiger partial charge < -0.3 is 16.4 Å². The normalized spacial score (nSPS) is 9.61. The summed E-state index contributed by atoms with van der Waals surface area (Å²) in [5, 5.41) is 5.29. The van der Waals surface area contributed by atoms with Gasteiger partial charge in [-0.1, -0.05) is 11.8 Å². The van der Waals surface area contributed by atoms with Gasteiger partial charge in [-0.15, -0.1) is 0 Å². The summed E-state index contributed by atoms with van der Waals surface area (Å²) in [6.07, 6.45) is 0. The second-order valence-electron chi connectivity index (χ2n) is 3.95. The van der Waals surface area contributed by atoms with Crippen LogP contribution in [-0.2, 0) is 0 Å². The Bertz CT molecular complexity index is 489. The van der Waals surface area contributed by atoms with Gasteiger partial charge in [0.1, 0.15) is 5.82 Å². The lowest BCUT2D eigenvalue weighted by Gasteiger charge is -2.11. The van der Waals surface area contributed by atoms with Crippen LogP contribution in [0.5, 0.6) is 0 Å². The van der Waals surface area contributed by atoms with Crippen LogP contribution >= 0.6 is 0 Å². The second-order valence-corrected chi connectivity index (χ2v) is 3.95. The third-order valence-corrected chi connectivity index (χ3v) is 1.97. The van der Waals surface area contributed by atoms with E-state index in [0.717, 1.165) is 0 Å². The number of benzene rings is 1. The predicted molar refractivity (Wildman–Crippen MR) is 69.6 cm³/mol. The van der Waals surface area contributed by atoms with E-state index in [1.165, 1.54) is 18.2 Å². The number of nitrogens with two attached hydrogens (primary N) is 1. The molecule has 96 valence electrons. The van der Waals surface area contributed by atoms with Crippen LogP contribution in [0.2, 0.25) is 0 Å². The minimum absolute atomic E-state index is 0.0176. The van der Waals surface area contributed by atoms with E-state index in [9.17, 15) is 9.18 Å². The molecule has 0 atom stereocenters. The molecule has 0 heterocycles. The van der Waals surface area contributed by atoms with Crippen LogP contribution in [0.1, 0.15) is 19.4 Å². The van der Waals surface area contributed by atoms with Gasteiger partial charge in [0, 0.05) is 6.04 Å². The van der Waals surface area contributed by atoms with Crippen LogP contribution in [0, 0.1) is 17.7 Å². The first kappa shape index (κ1) is 14.0. The highest BCUT2D eigenvalue weighted by Crippen LogP contribution is 2.15. The Labute approximate surface area is 106 Å². The van der Waals surface area contributed by atoms with Gasteiger partial charge in [0.05, 0.1) is 17.8 Å². The topological polar surface area (TPSA) is 67.2 Å². The van der Waals surface area contributed by atoms with Crippen molar-refractivity contribution in [3.63, 3.8) is 0 Å². The van der Waals surface area contributed by atoms with E-state index in [-0.39, 0.29) is 18.6 Å². The van der Waals surface area contributed by atoms with Crippen molar-refractivity contribution in [2.75, 3.05) is 11.9 Å². The lowest BCUT2D eigenvalue weighted by molar-refractivity contribution is 0.250. The molecule has 0 saturated heterocycles. The van der Waals surface area contributed by atoms with Crippen LogP contribution in [-0.4, -0.2) is 18.6 Å². The van der Waals surface area contributed by atoms with Gasteiger partial charge in [0.2, 0.25) is 0 Å². The zero-order chi connectivity index (χ0) is 13.5. The maximum absolute atomic E-state index is 13.1. The number of carbonyl (C=O) groups is 1. The molecule has 4 nitrogen and oxygen atoms in total. The fourth-order valence-corrected chi connectivity index (χ4v) is 1.30. The molecule has 5 heteroatoms. The van der Waals surface area contributed by atoms with Crippen molar-refractivity contribution in [1.82, 2.24) is 5.32 Å². The first-order valence-electron chi connectivity index (χ1n) is 5.59. The lowest BCUT2D eigenvalue weighted by Crippen LogP contribution is -2.34. The largest absolute Gasteiger partial charge is 0.336 e. The highest BCUT2D eigenvalue weighted by atomic mass is 19.1. The summed E-state index contributed by atoms with van der Waals surface area (Å²) in [6, 6.07) is 3.65. The summed E-state index contributed by atoms with van der Waals surface area (Å²) in [4.78, 5) is 11.5.